The number of rotatable bonds is 6. The molecule has 0 N–H and O–H groups in total. The lowest BCUT2D eigenvalue weighted by atomic mass is 10.1. The van der Waals surface area contributed by atoms with Gasteiger partial charge in [0.1, 0.15) is 12.4 Å². The summed E-state index contributed by atoms with van der Waals surface area (Å²) in [6.07, 6.45) is 0. The van der Waals surface area contributed by atoms with Crippen molar-refractivity contribution in [1.29, 1.82) is 0 Å². The van der Waals surface area contributed by atoms with Gasteiger partial charge >= 0.3 is 11.9 Å². The zero-order chi connectivity index (χ0) is 17.5. The third-order valence-corrected chi connectivity index (χ3v) is 3.97. The molecular formula is C18H17BrO5. The van der Waals surface area contributed by atoms with Gasteiger partial charge in [0.15, 0.2) is 0 Å². The molecule has 2 aromatic rings. The highest BCUT2D eigenvalue weighted by molar-refractivity contribution is 9.08. The van der Waals surface area contributed by atoms with Gasteiger partial charge in [0, 0.05) is 5.33 Å². The molecule has 0 aliphatic heterocycles. The van der Waals surface area contributed by atoms with Gasteiger partial charge in [0.25, 0.3) is 0 Å². The molecule has 0 radical (unpaired) electrons. The summed E-state index contributed by atoms with van der Waals surface area (Å²) in [5.41, 5.74) is 2.35. The number of halogens is 1. The summed E-state index contributed by atoms with van der Waals surface area (Å²) >= 11 is 3.39. The molecule has 0 atom stereocenters. The molecule has 126 valence electrons. The summed E-state index contributed by atoms with van der Waals surface area (Å²) in [5, 5.41) is 0.775. The van der Waals surface area contributed by atoms with Crippen molar-refractivity contribution in [2.45, 2.75) is 11.9 Å². The number of carbonyl (C=O) groups is 2. The minimum absolute atomic E-state index is 0.211. The van der Waals surface area contributed by atoms with Gasteiger partial charge in [0.2, 0.25) is 0 Å². The molecule has 2 aromatic carbocycles. The number of methoxy groups -OCH3 is 2. The van der Waals surface area contributed by atoms with Crippen LogP contribution in [0.5, 0.6) is 5.75 Å². The van der Waals surface area contributed by atoms with Crippen molar-refractivity contribution in [1.82, 2.24) is 0 Å². The number of esters is 2. The van der Waals surface area contributed by atoms with Crippen LogP contribution in [-0.4, -0.2) is 26.2 Å². The van der Waals surface area contributed by atoms with Crippen molar-refractivity contribution in [2.24, 2.45) is 0 Å². The first-order chi connectivity index (χ1) is 11.6. The average Bonchev–Trinajstić information content (AvgIpc) is 2.65. The van der Waals surface area contributed by atoms with E-state index in [9.17, 15) is 9.59 Å². The van der Waals surface area contributed by atoms with E-state index in [1.165, 1.54) is 20.3 Å². The molecule has 2 rings (SSSR count). The number of ether oxygens (including phenoxy) is 3. The monoisotopic (exact) mass is 392 g/mol. The lowest BCUT2D eigenvalue weighted by molar-refractivity contribution is 0.0599. The molecule has 0 saturated heterocycles. The number of alkyl halides is 1. The Morgan fingerprint density at radius 1 is 0.875 bits per heavy atom. The second kappa shape index (κ2) is 8.49. The summed E-state index contributed by atoms with van der Waals surface area (Å²) in [6, 6.07) is 12.3. The van der Waals surface area contributed by atoms with Crippen LogP contribution in [0.4, 0.5) is 0 Å². The lowest BCUT2D eigenvalue weighted by Gasteiger charge is -2.10. The molecule has 0 unspecified atom stereocenters. The molecule has 0 aliphatic carbocycles. The van der Waals surface area contributed by atoms with Crippen LogP contribution in [0.25, 0.3) is 0 Å². The Balaban J connectivity index is 2.20. The molecule has 0 saturated carbocycles. The van der Waals surface area contributed by atoms with Crippen LogP contribution in [0.3, 0.4) is 0 Å². The Bertz CT molecular complexity index is 690. The summed E-state index contributed by atoms with van der Waals surface area (Å²) in [4.78, 5) is 23.5. The van der Waals surface area contributed by atoms with Crippen molar-refractivity contribution >= 4 is 27.9 Å². The van der Waals surface area contributed by atoms with Gasteiger partial charge in [-0.3, -0.25) is 0 Å². The third-order valence-electron chi connectivity index (χ3n) is 3.32. The van der Waals surface area contributed by atoms with E-state index < -0.39 is 11.9 Å². The first-order valence-corrected chi connectivity index (χ1v) is 8.28. The zero-order valence-electron chi connectivity index (χ0n) is 13.4. The van der Waals surface area contributed by atoms with Crippen LogP contribution in [0.2, 0.25) is 0 Å². The molecular weight excluding hydrogens is 376 g/mol. The second-order valence-electron chi connectivity index (χ2n) is 4.97. The highest BCUT2D eigenvalue weighted by Crippen LogP contribution is 2.18. The van der Waals surface area contributed by atoms with E-state index in [-0.39, 0.29) is 17.7 Å². The molecule has 24 heavy (non-hydrogen) atoms. The van der Waals surface area contributed by atoms with E-state index in [1.54, 1.807) is 12.1 Å². The van der Waals surface area contributed by atoms with Crippen LogP contribution in [0, 0.1) is 0 Å². The first-order valence-electron chi connectivity index (χ1n) is 7.15. The fourth-order valence-corrected chi connectivity index (χ4v) is 2.46. The Kier molecular flexibility index (Phi) is 6.37. The van der Waals surface area contributed by atoms with Crippen LogP contribution in [0.1, 0.15) is 31.8 Å². The fourth-order valence-electron chi connectivity index (χ4n) is 2.09. The van der Waals surface area contributed by atoms with E-state index in [0.29, 0.717) is 11.3 Å². The molecule has 0 fully saturated rings. The van der Waals surface area contributed by atoms with Crippen LogP contribution in [-0.2, 0) is 21.4 Å². The van der Waals surface area contributed by atoms with Crippen LogP contribution in [0.15, 0.2) is 42.5 Å². The van der Waals surface area contributed by atoms with Crippen molar-refractivity contribution in [3.05, 3.63) is 64.7 Å². The summed E-state index contributed by atoms with van der Waals surface area (Å²) < 4.78 is 15.1. The maximum atomic E-state index is 11.8. The molecule has 0 aliphatic rings. The minimum Gasteiger partial charge on any atom is -0.489 e. The largest absolute Gasteiger partial charge is 0.489 e. The van der Waals surface area contributed by atoms with Crippen LogP contribution >= 0.6 is 15.9 Å². The molecule has 0 heterocycles. The van der Waals surface area contributed by atoms with Crippen LogP contribution < -0.4 is 4.74 Å². The SMILES string of the molecule is COC(=O)c1cc(COc2ccc(CBr)cc2)cc(C(=O)OC)c1. The van der Waals surface area contributed by atoms with E-state index >= 15 is 0 Å². The molecule has 6 heteroatoms. The summed E-state index contributed by atoms with van der Waals surface area (Å²) in [5.74, 6) is -0.352. The quantitative estimate of drug-likeness (QED) is 0.553. The van der Waals surface area contributed by atoms with Gasteiger partial charge in [-0.2, -0.15) is 0 Å². The normalized spacial score (nSPS) is 10.1. The minimum atomic E-state index is -0.524. The lowest BCUT2D eigenvalue weighted by Crippen LogP contribution is -2.09. The number of hydrogen-bond acceptors (Lipinski definition) is 5. The van der Waals surface area contributed by atoms with E-state index in [2.05, 4.69) is 15.9 Å². The summed E-state index contributed by atoms with van der Waals surface area (Å²) in [6.45, 7) is 0.211. The molecule has 0 spiro atoms. The molecule has 0 bridgehead atoms. The average molecular weight is 393 g/mol. The van der Waals surface area contributed by atoms with Crippen molar-refractivity contribution < 1.29 is 23.8 Å². The molecule has 0 aromatic heterocycles. The topological polar surface area (TPSA) is 61.8 Å². The van der Waals surface area contributed by atoms with E-state index in [0.717, 1.165) is 10.9 Å². The second-order valence-corrected chi connectivity index (χ2v) is 5.53. The number of hydrogen-bond donors (Lipinski definition) is 0. The van der Waals surface area contributed by atoms with Gasteiger partial charge in [-0.15, -0.1) is 0 Å². The van der Waals surface area contributed by atoms with Crippen molar-refractivity contribution in [2.75, 3.05) is 14.2 Å². The molecule has 5 nitrogen and oxygen atoms in total. The number of carbonyl (C=O) groups excluding carboxylic acids is 2. The standard InChI is InChI=1S/C18H17BrO5/c1-22-17(20)14-7-13(8-15(9-14)18(21)23-2)11-24-16-5-3-12(10-19)4-6-16/h3-9H,10-11H2,1-2H3. The highest BCUT2D eigenvalue weighted by atomic mass is 79.9. The third kappa shape index (κ3) is 4.58. The Hall–Kier alpha value is -2.34. The Labute approximate surface area is 148 Å². The predicted octanol–water partition coefficient (Wildman–Crippen LogP) is 3.73. The highest BCUT2D eigenvalue weighted by Gasteiger charge is 2.14. The van der Waals surface area contributed by atoms with Gasteiger partial charge in [0.05, 0.1) is 25.3 Å². The Morgan fingerprint density at radius 2 is 1.42 bits per heavy atom. The van der Waals surface area contributed by atoms with Gasteiger partial charge in [-0.25, -0.2) is 9.59 Å². The first kappa shape index (κ1) is 18.0. The summed E-state index contributed by atoms with van der Waals surface area (Å²) in [7, 11) is 2.57. The van der Waals surface area contributed by atoms with Crippen molar-refractivity contribution in [3.8, 4) is 5.75 Å². The van der Waals surface area contributed by atoms with Gasteiger partial charge in [-0.05, 0) is 41.5 Å². The van der Waals surface area contributed by atoms with E-state index in [4.69, 9.17) is 14.2 Å². The zero-order valence-corrected chi connectivity index (χ0v) is 15.0. The number of benzene rings is 2. The fraction of sp³-hybridized carbons (Fsp3) is 0.222. The van der Waals surface area contributed by atoms with Gasteiger partial charge < -0.3 is 14.2 Å². The smallest absolute Gasteiger partial charge is 0.337 e. The molecule has 0 amide bonds. The van der Waals surface area contributed by atoms with E-state index in [1.807, 2.05) is 24.3 Å². The van der Waals surface area contributed by atoms with Gasteiger partial charge in [-0.1, -0.05) is 28.1 Å². The van der Waals surface area contributed by atoms with Crippen molar-refractivity contribution in [3.63, 3.8) is 0 Å². The predicted molar refractivity (Wildman–Crippen MR) is 92.5 cm³/mol. The Morgan fingerprint density at radius 3 is 1.88 bits per heavy atom. The maximum absolute atomic E-state index is 11.8. The maximum Gasteiger partial charge on any atom is 0.337 e.